The number of methoxy groups -OCH3 is 1. The first-order valence-electron chi connectivity index (χ1n) is 9.92. The van der Waals surface area contributed by atoms with Gasteiger partial charge in [0.1, 0.15) is 23.6 Å². The summed E-state index contributed by atoms with van der Waals surface area (Å²) in [4.78, 5) is 24.8. The normalized spacial score (nSPS) is 11.3. The van der Waals surface area contributed by atoms with Crippen molar-refractivity contribution in [3.05, 3.63) is 66.2 Å². The van der Waals surface area contributed by atoms with Gasteiger partial charge in [-0.05, 0) is 23.8 Å². The molecule has 3 aromatic rings. The molecule has 8 heteroatoms. The quantitative estimate of drug-likeness (QED) is 0.514. The number of carbonyl (C=O) groups is 1. The first-order valence-corrected chi connectivity index (χ1v) is 9.92. The molecule has 2 N–H and O–H groups in total. The number of carbonyl (C=O) groups excluding carboxylic acids is 1. The van der Waals surface area contributed by atoms with Gasteiger partial charge in [-0.3, -0.25) is 9.78 Å². The first-order chi connectivity index (χ1) is 15.1. The molecule has 0 aliphatic rings. The van der Waals surface area contributed by atoms with E-state index in [9.17, 15) is 4.79 Å². The molecule has 0 saturated carbocycles. The minimum absolute atomic E-state index is 0.218. The Labute approximate surface area is 181 Å². The Hall–Kier alpha value is -3.99. The van der Waals surface area contributed by atoms with E-state index in [-0.39, 0.29) is 18.2 Å². The zero-order valence-corrected chi connectivity index (χ0v) is 17.5. The largest absolute Gasteiger partial charge is 0.496 e. The summed E-state index contributed by atoms with van der Waals surface area (Å²) in [6.07, 6.45) is 3.35. The number of amides is 1. The SMILES string of the molecule is COc1ccccc1[C@H](C)CNc1cc(-c2ccc(C(=O)NCCC#N)nc2)ncn1. The van der Waals surface area contributed by atoms with Gasteiger partial charge in [0.15, 0.2) is 0 Å². The van der Waals surface area contributed by atoms with Gasteiger partial charge in [-0.15, -0.1) is 0 Å². The summed E-state index contributed by atoms with van der Waals surface area (Å²) in [6, 6.07) is 15.2. The number of ether oxygens (including phenoxy) is 1. The van der Waals surface area contributed by atoms with Gasteiger partial charge in [0, 0.05) is 36.8 Å². The molecule has 1 amide bonds. The Morgan fingerprint density at radius 1 is 1.19 bits per heavy atom. The van der Waals surface area contributed by atoms with Gasteiger partial charge in [0.25, 0.3) is 5.91 Å². The zero-order valence-electron chi connectivity index (χ0n) is 17.5. The smallest absolute Gasteiger partial charge is 0.269 e. The molecule has 0 fully saturated rings. The van der Waals surface area contributed by atoms with Crippen molar-refractivity contribution in [3.63, 3.8) is 0 Å². The molecule has 1 atom stereocenters. The van der Waals surface area contributed by atoms with Crippen LogP contribution in [0, 0.1) is 11.3 Å². The fraction of sp³-hybridized carbons (Fsp3) is 0.261. The van der Waals surface area contributed by atoms with E-state index < -0.39 is 0 Å². The number of aromatic nitrogens is 3. The summed E-state index contributed by atoms with van der Waals surface area (Å²) < 4.78 is 5.45. The van der Waals surface area contributed by atoms with Crippen LogP contribution in [0.1, 0.15) is 35.3 Å². The Balaban J connectivity index is 1.65. The van der Waals surface area contributed by atoms with Crippen molar-refractivity contribution in [1.29, 1.82) is 5.26 Å². The number of anilines is 1. The van der Waals surface area contributed by atoms with Crippen molar-refractivity contribution in [1.82, 2.24) is 20.3 Å². The lowest BCUT2D eigenvalue weighted by Crippen LogP contribution is -2.25. The van der Waals surface area contributed by atoms with Gasteiger partial charge < -0.3 is 15.4 Å². The molecule has 1 aromatic carbocycles. The fourth-order valence-electron chi connectivity index (χ4n) is 3.06. The highest BCUT2D eigenvalue weighted by atomic mass is 16.5. The molecule has 8 nitrogen and oxygen atoms in total. The minimum Gasteiger partial charge on any atom is -0.496 e. The van der Waals surface area contributed by atoms with E-state index in [2.05, 4.69) is 38.6 Å². The lowest BCUT2D eigenvalue weighted by molar-refractivity contribution is 0.0949. The number of nitriles is 1. The molecule has 0 saturated heterocycles. The molecule has 31 heavy (non-hydrogen) atoms. The van der Waals surface area contributed by atoms with Gasteiger partial charge in [-0.2, -0.15) is 5.26 Å². The van der Waals surface area contributed by atoms with E-state index in [1.807, 2.05) is 30.3 Å². The molecule has 0 spiro atoms. The van der Waals surface area contributed by atoms with Crippen molar-refractivity contribution >= 4 is 11.7 Å². The van der Waals surface area contributed by atoms with Gasteiger partial charge in [0.05, 0.1) is 25.3 Å². The molecule has 2 aromatic heterocycles. The average Bonchev–Trinajstić information content (AvgIpc) is 2.83. The number of hydrogen-bond donors (Lipinski definition) is 2. The molecular weight excluding hydrogens is 392 g/mol. The van der Waals surface area contributed by atoms with Crippen LogP contribution in [0.15, 0.2) is 55.0 Å². The van der Waals surface area contributed by atoms with Gasteiger partial charge >= 0.3 is 0 Å². The third kappa shape index (κ3) is 5.76. The van der Waals surface area contributed by atoms with E-state index in [4.69, 9.17) is 10.00 Å². The number of hydrogen-bond acceptors (Lipinski definition) is 7. The van der Waals surface area contributed by atoms with Crippen molar-refractivity contribution in [2.75, 3.05) is 25.5 Å². The maximum atomic E-state index is 12.0. The topological polar surface area (TPSA) is 113 Å². The van der Waals surface area contributed by atoms with Crippen molar-refractivity contribution < 1.29 is 9.53 Å². The monoisotopic (exact) mass is 416 g/mol. The first kappa shape index (κ1) is 21.7. The van der Waals surface area contributed by atoms with E-state index in [1.54, 1.807) is 25.4 Å². The third-order valence-electron chi connectivity index (χ3n) is 4.74. The van der Waals surface area contributed by atoms with Crippen LogP contribution in [-0.2, 0) is 0 Å². The summed E-state index contributed by atoms with van der Waals surface area (Å²) in [5, 5.41) is 14.5. The highest BCUT2D eigenvalue weighted by Gasteiger charge is 2.12. The predicted molar refractivity (Wildman–Crippen MR) is 118 cm³/mol. The molecule has 0 unspecified atom stereocenters. The number of para-hydroxylation sites is 1. The lowest BCUT2D eigenvalue weighted by Gasteiger charge is -2.16. The Morgan fingerprint density at radius 2 is 2.03 bits per heavy atom. The van der Waals surface area contributed by atoms with Crippen LogP contribution < -0.4 is 15.4 Å². The van der Waals surface area contributed by atoms with E-state index in [0.29, 0.717) is 30.3 Å². The van der Waals surface area contributed by atoms with Crippen LogP contribution in [0.25, 0.3) is 11.3 Å². The van der Waals surface area contributed by atoms with Crippen LogP contribution >= 0.6 is 0 Å². The number of pyridine rings is 1. The lowest BCUT2D eigenvalue weighted by atomic mass is 10.00. The third-order valence-corrected chi connectivity index (χ3v) is 4.74. The van der Waals surface area contributed by atoms with Crippen molar-refractivity contribution in [2.24, 2.45) is 0 Å². The van der Waals surface area contributed by atoms with Crippen LogP contribution in [0.3, 0.4) is 0 Å². The minimum atomic E-state index is -0.308. The van der Waals surface area contributed by atoms with Crippen molar-refractivity contribution in [2.45, 2.75) is 19.3 Å². The number of nitrogens with one attached hydrogen (secondary N) is 2. The Morgan fingerprint density at radius 3 is 2.77 bits per heavy atom. The van der Waals surface area contributed by atoms with E-state index in [1.165, 1.54) is 6.33 Å². The van der Waals surface area contributed by atoms with Crippen LogP contribution in [0.5, 0.6) is 5.75 Å². The second kappa shape index (κ2) is 10.7. The van der Waals surface area contributed by atoms with Crippen molar-refractivity contribution in [3.8, 4) is 23.1 Å². The summed E-state index contributed by atoms with van der Waals surface area (Å²) in [5.41, 5.74) is 2.89. The predicted octanol–water partition coefficient (Wildman–Crippen LogP) is 3.41. The standard InChI is InChI=1S/C23H24N6O2/c1-16(18-6-3-4-7-21(18)31-2)13-27-22-12-20(28-15-29-22)17-8-9-19(26-14-17)23(30)25-11-5-10-24/h3-4,6-9,12,14-16H,5,11,13H2,1-2H3,(H,25,30)(H,27,28,29)/t16-/m1/s1. The summed E-state index contributed by atoms with van der Waals surface area (Å²) in [5.74, 6) is 1.47. The molecule has 0 aliphatic heterocycles. The highest BCUT2D eigenvalue weighted by Crippen LogP contribution is 2.26. The van der Waals surface area contributed by atoms with Crippen LogP contribution in [0.2, 0.25) is 0 Å². The summed E-state index contributed by atoms with van der Waals surface area (Å²) in [6.45, 7) is 3.10. The molecule has 3 rings (SSSR count). The highest BCUT2D eigenvalue weighted by molar-refractivity contribution is 5.92. The maximum absolute atomic E-state index is 12.0. The average molecular weight is 416 g/mol. The van der Waals surface area contributed by atoms with Crippen LogP contribution in [0.4, 0.5) is 5.82 Å². The van der Waals surface area contributed by atoms with Gasteiger partial charge in [-0.1, -0.05) is 25.1 Å². The molecule has 2 heterocycles. The Kier molecular flexibility index (Phi) is 7.49. The molecule has 0 radical (unpaired) electrons. The van der Waals surface area contributed by atoms with E-state index in [0.717, 1.165) is 16.9 Å². The van der Waals surface area contributed by atoms with E-state index >= 15 is 0 Å². The Bertz CT molecular complexity index is 1060. The van der Waals surface area contributed by atoms with Gasteiger partial charge in [0.2, 0.25) is 0 Å². The number of nitrogens with zero attached hydrogens (tertiary/aromatic N) is 4. The fourth-order valence-corrected chi connectivity index (χ4v) is 3.06. The summed E-state index contributed by atoms with van der Waals surface area (Å²) in [7, 11) is 1.67. The number of rotatable bonds is 9. The molecule has 158 valence electrons. The number of benzene rings is 1. The second-order valence-electron chi connectivity index (χ2n) is 6.91. The molecule has 0 bridgehead atoms. The molecule has 0 aliphatic carbocycles. The second-order valence-corrected chi connectivity index (χ2v) is 6.91. The van der Waals surface area contributed by atoms with Gasteiger partial charge in [-0.25, -0.2) is 9.97 Å². The zero-order chi connectivity index (χ0) is 22.1. The maximum Gasteiger partial charge on any atom is 0.269 e. The summed E-state index contributed by atoms with van der Waals surface area (Å²) >= 11 is 0. The molecular formula is C23H24N6O2. The van der Waals surface area contributed by atoms with Crippen LogP contribution in [-0.4, -0.2) is 41.1 Å².